The molecule has 1 aliphatic heterocycles. The van der Waals surface area contributed by atoms with Crippen LogP contribution >= 0.6 is 12.2 Å². The van der Waals surface area contributed by atoms with Crippen LogP contribution in [0.5, 0.6) is 0 Å². The molecule has 2 N–H and O–H groups in total. The Morgan fingerprint density at radius 3 is 2.85 bits per heavy atom. The zero-order valence-corrected chi connectivity index (χ0v) is 15.7. The molecule has 0 aliphatic carbocycles. The first-order valence-corrected chi connectivity index (χ1v) is 9.45. The average Bonchev–Trinajstić information content (AvgIpc) is 3.42. The molecule has 0 aromatic carbocycles. The summed E-state index contributed by atoms with van der Waals surface area (Å²) >= 11 is 5.62. The molecule has 0 bridgehead atoms. The molecule has 2 atom stereocenters. The van der Waals surface area contributed by atoms with Crippen LogP contribution in [0.15, 0.2) is 65.5 Å². The zero-order chi connectivity index (χ0) is 18.6. The van der Waals surface area contributed by atoms with Crippen LogP contribution in [0.4, 0.5) is 0 Å². The first-order valence-electron chi connectivity index (χ1n) is 9.04. The molecule has 1 fully saturated rings. The number of nitrogens with one attached hydrogen (secondary N) is 1. The molecule has 0 saturated carbocycles. The molecule has 7 heteroatoms. The molecule has 6 nitrogen and oxygen atoms in total. The van der Waals surface area contributed by atoms with Gasteiger partial charge in [0, 0.05) is 31.2 Å². The second-order valence-electron chi connectivity index (χ2n) is 6.54. The maximum atomic E-state index is 9.32. The Balaban J connectivity index is 1.71. The summed E-state index contributed by atoms with van der Waals surface area (Å²) in [7, 11) is 0. The van der Waals surface area contributed by atoms with Crippen molar-refractivity contribution in [1.29, 1.82) is 0 Å². The minimum atomic E-state index is -0.0531. The van der Waals surface area contributed by atoms with Crippen LogP contribution < -0.4 is 5.32 Å². The van der Waals surface area contributed by atoms with Gasteiger partial charge >= 0.3 is 0 Å². The zero-order valence-electron chi connectivity index (χ0n) is 14.9. The Hall–Kier alpha value is -2.64. The van der Waals surface area contributed by atoms with Crippen molar-refractivity contribution >= 4 is 17.3 Å². The van der Waals surface area contributed by atoms with E-state index in [0.717, 1.165) is 17.1 Å². The molecule has 3 aromatic rings. The van der Waals surface area contributed by atoms with Crippen LogP contribution in [0.2, 0.25) is 0 Å². The smallest absolute Gasteiger partial charge is 0.170 e. The second-order valence-corrected chi connectivity index (χ2v) is 6.92. The summed E-state index contributed by atoms with van der Waals surface area (Å²) in [6.45, 7) is 1.47. The third kappa shape index (κ3) is 3.61. The van der Waals surface area contributed by atoms with E-state index in [9.17, 15) is 5.11 Å². The first kappa shape index (κ1) is 17.8. The number of aliphatic hydroxyl groups is 1. The summed E-state index contributed by atoms with van der Waals surface area (Å²) in [4.78, 5) is 6.70. The van der Waals surface area contributed by atoms with Gasteiger partial charge in [-0.1, -0.05) is 6.07 Å². The normalized spacial score (nSPS) is 19.4. The number of pyridine rings is 1. The van der Waals surface area contributed by atoms with Crippen molar-refractivity contribution < 1.29 is 9.52 Å². The van der Waals surface area contributed by atoms with Gasteiger partial charge in [0.1, 0.15) is 5.76 Å². The lowest BCUT2D eigenvalue weighted by molar-refractivity contribution is 0.243. The van der Waals surface area contributed by atoms with Crippen molar-refractivity contribution in [3.8, 4) is 0 Å². The number of thiocarbonyl (C=S) groups is 1. The van der Waals surface area contributed by atoms with Gasteiger partial charge in [0.25, 0.3) is 0 Å². The molecule has 27 heavy (non-hydrogen) atoms. The number of hydrogen-bond donors (Lipinski definition) is 2. The fourth-order valence-electron chi connectivity index (χ4n) is 3.62. The van der Waals surface area contributed by atoms with Crippen LogP contribution in [-0.2, 0) is 6.54 Å². The third-order valence-corrected chi connectivity index (χ3v) is 5.18. The highest BCUT2D eigenvalue weighted by atomic mass is 32.1. The molecule has 0 amide bonds. The number of aromatic nitrogens is 2. The van der Waals surface area contributed by atoms with Gasteiger partial charge in [0.05, 0.1) is 30.6 Å². The number of aliphatic hydroxyl groups excluding tert-OH is 1. The van der Waals surface area contributed by atoms with E-state index in [-0.39, 0.29) is 18.7 Å². The van der Waals surface area contributed by atoms with Crippen molar-refractivity contribution in [2.24, 2.45) is 0 Å². The topological polar surface area (TPSA) is 66.5 Å². The monoisotopic (exact) mass is 382 g/mol. The van der Waals surface area contributed by atoms with Crippen LogP contribution in [0.3, 0.4) is 0 Å². The molecule has 4 rings (SSSR count). The van der Waals surface area contributed by atoms with Crippen LogP contribution in [0.25, 0.3) is 0 Å². The fourth-order valence-corrected chi connectivity index (χ4v) is 3.95. The highest BCUT2D eigenvalue weighted by Gasteiger charge is 2.40. The number of rotatable bonds is 7. The van der Waals surface area contributed by atoms with Crippen molar-refractivity contribution in [3.05, 3.63) is 78.3 Å². The summed E-state index contributed by atoms with van der Waals surface area (Å²) in [6, 6.07) is 13.9. The average molecular weight is 382 g/mol. The molecular formula is C20H22N4O2S. The Morgan fingerprint density at radius 1 is 1.19 bits per heavy atom. The number of nitrogens with zero attached hydrogens (tertiary/aromatic N) is 3. The van der Waals surface area contributed by atoms with E-state index in [1.807, 2.05) is 36.4 Å². The molecule has 140 valence electrons. The first-order chi connectivity index (χ1) is 13.3. The molecular weight excluding hydrogens is 360 g/mol. The maximum Gasteiger partial charge on any atom is 0.170 e. The number of furan rings is 1. The Morgan fingerprint density at radius 2 is 2.11 bits per heavy atom. The molecule has 4 heterocycles. The highest BCUT2D eigenvalue weighted by molar-refractivity contribution is 7.80. The highest BCUT2D eigenvalue weighted by Crippen LogP contribution is 2.38. The van der Waals surface area contributed by atoms with E-state index in [1.165, 1.54) is 0 Å². The molecule has 1 saturated heterocycles. The SMILES string of the molecule is OCCCN1C(=S)N[C@H](c2ccccn2)[C@H]1c1cccn1Cc1ccco1. The van der Waals surface area contributed by atoms with Gasteiger partial charge in [-0.3, -0.25) is 4.98 Å². The van der Waals surface area contributed by atoms with Gasteiger partial charge in [0.15, 0.2) is 5.11 Å². The lowest BCUT2D eigenvalue weighted by Crippen LogP contribution is -2.32. The lowest BCUT2D eigenvalue weighted by atomic mass is 10.0. The van der Waals surface area contributed by atoms with Crippen molar-refractivity contribution in [2.75, 3.05) is 13.2 Å². The van der Waals surface area contributed by atoms with E-state index in [1.54, 1.807) is 12.5 Å². The van der Waals surface area contributed by atoms with E-state index in [2.05, 4.69) is 32.0 Å². The Labute approximate surface area is 163 Å². The van der Waals surface area contributed by atoms with Crippen LogP contribution in [0, 0.1) is 0 Å². The van der Waals surface area contributed by atoms with Crippen LogP contribution in [0.1, 0.15) is 35.7 Å². The van der Waals surface area contributed by atoms with Gasteiger partial charge in [-0.15, -0.1) is 0 Å². The van der Waals surface area contributed by atoms with Crippen LogP contribution in [-0.4, -0.2) is 37.8 Å². The van der Waals surface area contributed by atoms with Gasteiger partial charge in [-0.2, -0.15) is 0 Å². The lowest BCUT2D eigenvalue weighted by Gasteiger charge is -2.28. The quantitative estimate of drug-likeness (QED) is 0.613. The van der Waals surface area contributed by atoms with Crippen molar-refractivity contribution in [1.82, 2.24) is 19.8 Å². The minimum absolute atomic E-state index is 0.0103. The van der Waals surface area contributed by atoms with Gasteiger partial charge < -0.3 is 24.3 Å². The largest absolute Gasteiger partial charge is 0.467 e. The summed E-state index contributed by atoms with van der Waals surface area (Å²) in [5, 5.41) is 13.4. The molecule has 1 aliphatic rings. The van der Waals surface area contributed by atoms with E-state index >= 15 is 0 Å². The van der Waals surface area contributed by atoms with Crippen molar-refractivity contribution in [3.63, 3.8) is 0 Å². The Bertz CT molecular complexity index is 879. The summed E-state index contributed by atoms with van der Waals surface area (Å²) in [5.41, 5.74) is 2.08. The third-order valence-electron chi connectivity index (χ3n) is 4.83. The standard InChI is InChI=1S/C20H22N4O2S/c25-12-5-11-24-19(18(22-20(24)27)16-7-1-2-9-21-16)17-8-3-10-23(17)14-15-6-4-13-26-15/h1-4,6-10,13,18-19,25H,5,11-12,14H2,(H,22,27)/t18-,19-/m1/s1. The van der Waals surface area contributed by atoms with E-state index in [0.29, 0.717) is 24.6 Å². The fraction of sp³-hybridized carbons (Fsp3) is 0.300. The molecule has 0 radical (unpaired) electrons. The second kappa shape index (κ2) is 7.94. The molecule has 3 aromatic heterocycles. The Kier molecular flexibility index (Phi) is 5.22. The molecule has 0 spiro atoms. The molecule has 0 unspecified atom stereocenters. The minimum Gasteiger partial charge on any atom is -0.467 e. The summed E-state index contributed by atoms with van der Waals surface area (Å²) in [6.07, 6.45) is 6.20. The van der Waals surface area contributed by atoms with Crippen molar-refractivity contribution in [2.45, 2.75) is 25.0 Å². The summed E-state index contributed by atoms with van der Waals surface area (Å²) < 4.78 is 7.71. The van der Waals surface area contributed by atoms with Gasteiger partial charge in [0.2, 0.25) is 0 Å². The maximum absolute atomic E-state index is 9.32. The summed E-state index contributed by atoms with van der Waals surface area (Å²) in [5.74, 6) is 0.900. The van der Waals surface area contributed by atoms with Gasteiger partial charge in [-0.05, 0) is 55.0 Å². The predicted molar refractivity (Wildman–Crippen MR) is 106 cm³/mol. The van der Waals surface area contributed by atoms with Gasteiger partial charge in [-0.25, -0.2) is 0 Å². The number of hydrogen-bond acceptors (Lipinski definition) is 4. The van der Waals surface area contributed by atoms with E-state index < -0.39 is 0 Å². The predicted octanol–water partition coefficient (Wildman–Crippen LogP) is 2.88. The van der Waals surface area contributed by atoms with E-state index in [4.69, 9.17) is 16.6 Å².